The third-order valence-electron chi connectivity index (χ3n) is 3.28. The molecule has 0 atom stereocenters. The molecule has 6 heteroatoms. The maximum atomic E-state index is 5.24. The number of aromatic nitrogens is 2. The van der Waals surface area contributed by atoms with Crippen LogP contribution in [0.4, 0.5) is 0 Å². The lowest BCUT2D eigenvalue weighted by Crippen LogP contribution is -2.27. The molecule has 0 radical (unpaired) electrons. The average Bonchev–Trinajstić information content (AvgIpc) is 2.50. The van der Waals surface area contributed by atoms with Gasteiger partial charge in [-0.05, 0) is 32.6 Å². The summed E-state index contributed by atoms with van der Waals surface area (Å²) >= 11 is 0. The first-order chi connectivity index (χ1) is 9.76. The fourth-order valence-electron chi connectivity index (χ4n) is 2.06. The van der Waals surface area contributed by atoms with E-state index in [0.717, 1.165) is 38.2 Å². The highest BCUT2D eigenvalue weighted by atomic mass is 16.5. The molecule has 20 heavy (non-hydrogen) atoms. The number of rotatable bonds is 10. The zero-order chi connectivity index (χ0) is 14.8. The molecule has 0 aliphatic carbocycles. The molecule has 0 bridgehead atoms. The first kappa shape index (κ1) is 16.7. The minimum atomic E-state index is 0.563. The highest BCUT2D eigenvalue weighted by Crippen LogP contribution is 2.22. The molecule has 0 saturated carbocycles. The van der Waals surface area contributed by atoms with E-state index in [0.29, 0.717) is 18.3 Å². The van der Waals surface area contributed by atoms with Gasteiger partial charge in [0.15, 0.2) is 0 Å². The van der Waals surface area contributed by atoms with Crippen molar-refractivity contribution in [3.05, 3.63) is 11.9 Å². The second-order valence-electron chi connectivity index (χ2n) is 4.43. The summed E-state index contributed by atoms with van der Waals surface area (Å²) in [5.74, 6) is 1.13. The Morgan fingerprint density at radius 3 is 2.20 bits per heavy atom. The van der Waals surface area contributed by atoms with Gasteiger partial charge in [-0.15, -0.1) is 0 Å². The van der Waals surface area contributed by atoms with Crippen molar-refractivity contribution in [2.45, 2.75) is 26.8 Å². The van der Waals surface area contributed by atoms with Gasteiger partial charge in [0.25, 0.3) is 0 Å². The lowest BCUT2D eigenvalue weighted by atomic mass is 10.3. The van der Waals surface area contributed by atoms with Crippen LogP contribution < -0.4 is 14.8 Å². The molecule has 0 unspecified atom stereocenters. The summed E-state index contributed by atoms with van der Waals surface area (Å²) in [5.41, 5.74) is 0.861. The van der Waals surface area contributed by atoms with Crippen LogP contribution in [0.2, 0.25) is 0 Å². The molecular formula is C14H26N4O2. The van der Waals surface area contributed by atoms with Crippen LogP contribution in [0.15, 0.2) is 6.33 Å². The molecule has 1 aromatic rings. The predicted octanol–water partition coefficient (Wildman–Crippen LogP) is 1.32. The quantitative estimate of drug-likeness (QED) is 0.653. The highest BCUT2D eigenvalue weighted by molar-refractivity contribution is 5.34. The largest absolute Gasteiger partial charge is 0.481 e. The molecule has 0 spiro atoms. The van der Waals surface area contributed by atoms with Crippen molar-refractivity contribution < 1.29 is 9.47 Å². The van der Waals surface area contributed by atoms with Gasteiger partial charge in [0.05, 0.1) is 19.8 Å². The van der Waals surface area contributed by atoms with Gasteiger partial charge in [-0.2, -0.15) is 0 Å². The van der Waals surface area contributed by atoms with Crippen LogP contribution in [-0.2, 0) is 6.54 Å². The van der Waals surface area contributed by atoms with Gasteiger partial charge in [-0.3, -0.25) is 0 Å². The summed E-state index contributed by atoms with van der Waals surface area (Å²) in [7, 11) is 3.21. The monoisotopic (exact) mass is 282 g/mol. The topological polar surface area (TPSA) is 59.5 Å². The highest BCUT2D eigenvalue weighted by Gasteiger charge is 2.12. The van der Waals surface area contributed by atoms with E-state index in [1.807, 2.05) is 0 Å². The van der Waals surface area contributed by atoms with Crippen molar-refractivity contribution in [3.8, 4) is 11.8 Å². The van der Waals surface area contributed by atoms with Crippen LogP contribution >= 0.6 is 0 Å². The Bertz CT molecular complexity index is 361. The van der Waals surface area contributed by atoms with Crippen LogP contribution in [0.3, 0.4) is 0 Å². The lowest BCUT2D eigenvalue weighted by Gasteiger charge is -2.18. The predicted molar refractivity (Wildman–Crippen MR) is 79.2 cm³/mol. The Labute approximate surface area is 121 Å². The van der Waals surface area contributed by atoms with Gasteiger partial charge in [0.2, 0.25) is 11.8 Å². The molecule has 1 N–H and O–H groups in total. The van der Waals surface area contributed by atoms with E-state index in [4.69, 9.17) is 9.47 Å². The van der Waals surface area contributed by atoms with Gasteiger partial charge < -0.3 is 19.7 Å². The molecule has 0 aliphatic heterocycles. The Morgan fingerprint density at radius 1 is 1.10 bits per heavy atom. The molecular weight excluding hydrogens is 256 g/mol. The number of ether oxygens (including phenoxy) is 2. The van der Waals surface area contributed by atoms with E-state index in [1.54, 1.807) is 14.2 Å². The standard InChI is InChI=1S/C14H26N4O2/c1-5-18(6-2)9-7-8-15-10-12-13(19-3)16-11-17-14(12)20-4/h11,15H,5-10H2,1-4H3. The van der Waals surface area contributed by atoms with Gasteiger partial charge in [0, 0.05) is 6.54 Å². The Balaban J connectivity index is 2.42. The van der Waals surface area contributed by atoms with Crippen molar-refractivity contribution in [1.82, 2.24) is 20.2 Å². The molecule has 0 amide bonds. The van der Waals surface area contributed by atoms with Gasteiger partial charge in [0.1, 0.15) is 6.33 Å². The minimum Gasteiger partial charge on any atom is -0.481 e. The number of nitrogens with zero attached hydrogens (tertiary/aromatic N) is 3. The Kier molecular flexibility index (Phi) is 7.91. The third kappa shape index (κ3) is 4.94. The van der Waals surface area contributed by atoms with E-state index in [-0.39, 0.29) is 0 Å². The normalized spacial score (nSPS) is 10.8. The number of nitrogens with one attached hydrogen (secondary N) is 1. The first-order valence-electron chi connectivity index (χ1n) is 7.11. The summed E-state index contributed by atoms with van der Waals surface area (Å²) < 4.78 is 10.5. The Morgan fingerprint density at radius 2 is 1.70 bits per heavy atom. The van der Waals surface area contributed by atoms with Gasteiger partial charge >= 0.3 is 0 Å². The summed E-state index contributed by atoms with van der Waals surface area (Å²) in [6.45, 7) is 9.28. The fourth-order valence-corrected chi connectivity index (χ4v) is 2.06. The van der Waals surface area contributed by atoms with Gasteiger partial charge in [-0.1, -0.05) is 13.8 Å². The van der Waals surface area contributed by atoms with Crippen LogP contribution in [0.5, 0.6) is 11.8 Å². The number of hydrogen-bond donors (Lipinski definition) is 1. The van der Waals surface area contributed by atoms with E-state index < -0.39 is 0 Å². The molecule has 114 valence electrons. The smallest absolute Gasteiger partial charge is 0.224 e. The second kappa shape index (κ2) is 9.50. The van der Waals surface area contributed by atoms with E-state index in [9.17, 15) is 0 Å². The van der Waals surface area contributed by atoms with E-state index in [1.165, 1.54) is 6.33 Å². The summed E-state index contributed by atoms with van der Waals surface area (Å²) in [6.07, 6.45) is 2.56. The van der Waals surface area contributed by atoms with E-state index in [2.05, 4.69) is 34.0 Å². The zero-order valence-electron chi connectivity index (χ0n) is 13.0. The molecule has 1 aromatic heterocycles. The third-order valence-corrected chi connectivity index (χ3v) is 3.28. The Hall–Kier alpha value is -1.40. The summed E-state index contributed by atoms with van der Waals surface area (Å²) in [5, 5.41) is 3.39. The fraction of sp³-hybridized carbons (Fsp3) is 0.714. The lowest BCUT2D eigenvalue weighted by molar-refractivity contribution is 0.297. The first-order valence-corrected chi connectivity index (χ1v) is 7.11. The summed E-state index contributed by atoms with van der Waals surface area (Å²) in [6, 6.07) is 0. The van der Waals surface area contributed by atoms with Crippen LogP contribution in [-0.4, -0.2) is 55.3 Å². The van der Waals surface area contributed by atoms with Crippen LogP contribution in [0.1, 0.15) is 25.8 Å². The minimum absolute atomic E-state index is 0.563. The van der Waals surface area contributed by atoms with Gasteiger partial charge in [-0.25, -0.2) is 9.97 Å². The van der Waals surface area contributed by atoms with Crippen molar-refractivity contribution in [2.24, 2.45) is 0 Å². The summed E-state index contributed by atoms with van der Waals surface area (Å²) in [4.78, 5) is 10.6. The van der Waals surface area contributed by atoms with Crippen molar-refractivity contribution in [3.63, 3.8) is 0 Å². The maximum absolute atomic E-state index is 5.24. The molecule has 0 aliphatic rings. The van der Waals surface area contributed by atoms with Crippen LogP contribution in [0, 0.1) is 0 Å². The van der Waals surface area contributed by atoms with Crippen molar-refractivity contribution in [1.29, 1.82) is 0 Å². The maximum Gasteiger partial charge on any atom is 0.224 e. The van der Waals surface area contributed by atoms with Crippen LogP contribution in [0.25, 0.3) is 0 Å². The number of hydrogen-bond acceptors (Lipinski definition) is 6. The molecule has 0 fully saturated rings. The number of methoxy groups -OCH3 is 2. The van der Waals surface area contributed by atoms with E-state index >= 15 is 0 Å². The second-order valence-corrected chi connectivity index (χ2v) is 4.43. The SMILES string of the molecule is CCN(CC)CCCNCc1c(OC)ncnc1OC. The average molecular weight is 282 g/mol. The zero-order valence-corrected chi connectivity index (χ0v) is 13.0. The van der Waals surface area contributed by atoms with Crippen molar-refractivity contribution >= 4 is 0 Å². The molecule has 6 nitrogen and oxygen atoms in total. The molecule has 0 saturated heterocycles. The van der Waals surface area contributed by atoms with Crippen molar-refractivity contribution in [2.75, 3.05) is 40.4 Å². The molecule has 0 aromatic carbocycles. The molecule has 1 heterocycles. The molecule has 1 rings (SSSR count).